The molecule has 5 heteroatoms. The molecule has 1 aromatic heterocycles. The van der Waals surface area contributed by atoms with Crippen molar-refractivity contribution in [3.63, 3.8) is 0 Å². The molecule has 0 saturated carbocycles. The Morgan fingerprint density at radius 2 is 2.31 bits per heavy atom. The maximum atomic E-state index is 11.7. The third kappa shape index (κ3) is 3.57. The van der Waals surface area contributed by atoms with E-state index in [1.807, 2.05) is 6.92 Å². The van der Waals surface area contributed by atoms with Gasteiger partial charge in [-0.05, 0) is 12.8 Å². The lowest BCUT2D eigenvalue weighted by Crippen LogP contribution is -2.28. The van der Waals surface area contributed by atoms with Gasteiger partial charge in [0.1, 0.15) is 10.7 Å². The molecule has 0 aromatic carbocycles. The van der Waals surface area contributed by atoms with Gasteiger partial charge in [-0.15, -0.1) is 11.3 Å². The van der Waals surface area contributed by atoms with Crippen molar-refractivity contribution in [2.45, 2.75) is 33.2 Å². The number of aromatic nitrogens is 1. The number of hydrogen-bond acceptors (Lipinski definition) is 4. The van der Waals surface area contributed by atoms with Gasteiger partial charge in [0.25, 0.3) is 5.91 Å². The van der Waals surface area contributed by atoms with Gasteiger partial charge in [-0.3, -0.25) is 4.79 Å². The molecule has 0 aliphatic heterocycles. The molecule has 3 N–H and O–H groups in total. The molecule has 2 atom stereocenters. The lowest BCUT2D eigenvalue weighted by atomic mass is 10.1. The summed E-state index contributed by atoms with van der Waals surface area (Å²) in [5.74, 6) is 0.388. The Bertz CT molecular complexity index is 349. The molecule has 0 aliphatic rings. The van der Waals surface area contributed by atoms with Crippen LogP contribution in [-0.4, -0.2) is 17.4 Å². The van der Waals surface area contributed by atoms with Crippen LogP contribution in [0.2, 0.25) is 0 Å². The van der Waals surface area contributed by atoms with E-state index < -0.39 is 0 Å². The average Bonchev–Trinajstić information content (AvgIpc) is 2.74. The van der Waals surface area contributed by atoms with Gasteiger partial charge in [0.15, 0.2) is 0 Å². The SMILES string of the molecule is CCC(C)CNC(=O)c1csc(C(C)N)n1. The van der Waals surface area contributed by atoms with Gasteiger partial charge in [0.2, 0.25) is 0 Å². The van der Waals surface area contributed by atoms with Crippen molar-refractivity contribution in [3.05, 3.63) is 16.1 Å². The zero-order chi connectivity index (χ0) is 12.1. The van der Waals surface area contributed by atoms with Crippen LogP contribution < -0.4 is 11.1 Å². The van der Waals surface area contributed by atoms with Crippen molar-refractivity contribution >= 4 is 17.2 Å². The maximum absolute atomic E-state index is 11.7. The highest BCUT2D eigenvalue weighted by Gasteiger charge is 2.12. The van der Waals surface area contributed by atoms with Crippen molar-refractivity contribution in [1.29, 1.82) is 0 Å². The van der Waals surface area contributed by atoms with Gasteiger partial charge in [-0.25, -0.2) is 4.98 Å². The molecule has 0 aliphatic carbocycles. The highest BCUT2D eigenvalue weighted by atomic mass is 32.1. The fourth-order valence-electron chi connectivity index (χ4n) is 1.10. The normalized spacial score (nSPS) is 14.5. The second kappa shape index (κ2) is 5.96. The largest absolute Gasteiger partial charge is 0.350 e. The third-order valence-corrected chi connectivity index (χ3v) is 3.50. The van der Waals surface area contributed by atoms with E-state index in [-0.39, 0.29) is 11.9 Å². The van der Waals surface area contributed by atoms with Crippen LogP contribution >= 0.6 is 11.3 Å². The summed E-state index contributed by atoms with van der Waals surface area (Å²) in [7, 11) is 0. The van der Waals surface area contributed by atoms with Gasteiger partial charge in [-0.1, -0.05) is 20.3 Å². The Labute approximate surface area is 100 Å². The molecular weight excluding hydrogens is 222 g/mol. The molecule has 1 heterocycles. The van der Waals surface area contributed by atoms with Gasteiger partial charge in [-0.2, -0.15) is 0 Å². The van der Waals surface area contributed by atoms with Crippen LogP contribution in [0.1, 0.15) is 48.7 Å². The monoisotopic (exact) mass is 241 g/mol. The first-order chi connectivity index (χ1) is 7.54. The first kappa shape index (κ1) is 13.1. The standard InChI is InChI=1S/C11H19N3OS/c1-4-7(2)5-13-10(15)9-6-16-11(14-9)8(3)12/h6-8H,4-5,12H2,1-3H3,(H,13,15). The molecule has 0 fully saturated rings. The zero-order valence-electron chi connectivity index (χ0n) is 9.99. The molecule has 0 saturated heterocycles. The first-order valence-electron chi connectivity index (χ1n) is 5.53. The highest BCUT2D eigenvalue weighted by Crippen LogP contribution is 2.15. The van der Waals surface area contributed by atoms with Crippen LogP contribution in [0.4, 0.5) is 0 Å². The topological polar surface area (TPSA) is 68.0 Å². The molecule has 16 heavy (non-hydrogen) atoms. The molecular formula is C11H19N3OS. The summed E-state index contributed by atoms with van der Waals surface area (Å²) < 4.78 is 0. The van der Waals surface area contributed by atoms with Gasteiger partial charge in [0.05, 0.1) is 6.04 Å². The first-order valence-corrected chi connectivity index (χ1v) is 6.41. The molecule has 0 radical (unpaired) electrons. The highest BCUT2D eigenvalue weighted by molar-refractivity contribution is 7.09. The van der Waals surface area contributed by atoms with E-state index in [1.165, 1.54) is 11.3 Å². The minimum absolute atomic E-state index is 0.108. The van der Waals surface area contributed by atoms with Crippen LogP contribution in [0.3, 0.4) is 0 Å². The number of nitrogens with two attached hydrogens (primary N) is 1. The maximum Gasteiger partial charge on any atom is 0.270 e. The van der Waals surface area contributed by atoms with Gasteiger partial charge >= 0.3 is 0 Å². The van der Waals surface area contributed by atoms with Crippen LogP contribution in [0, 0.1) is 5.92 Å². The van der Waals surface area contributed by atoms with Crippen LogP contribution in [0.15, 0.2) is 5.38 Å². The fraction of sp³-hybridized carbons (Fsp3) is 0.636. The Morgan fingerprint density at radius 3 is 2.81 bits per heavy atom. The molecule has 1 amide bonds. The summed E-state index contributed by atoms with van der Waals surface area (Å²) in [6, 6.07) is -0.110. The number of thiazole rings is 1. The zero-order valence-corrected chi connectivity index (χ0v) is 10.8. The van der Waals surface area contributed by atoms with E-state index in [0.29, 0.717) is 18.2 Å². The summed E-state index contributed by atoms with van der Waals surface area (Å²) in [5.41, 5.74) is 6.16. The predicted octanol–water partition coefficient (Wildman–Crippen LogP) is 1.94. The molecule has 2 unspecified atom stereocenters. The molecule has 0 spiro atoms. The number of carbonyl (C=O) groups excluding carboxylic acids is 1. The Kier molecular flexibility index (Phi) is 4.89. The van der Waals surface area contributed by atoms with Crippen molar-refractivity contribution in [3.8, 4) is 0 Å². The molecule has 4 nitrogen and oxygen atoms in total. The summed E-state index contributed by atoms with van der Waals surface area (Å²) in [6.07, 6.45) is 1.06. The Hall–Kier alpha value is -0.940. The number of rotatable bonds is 5. The van der Waals surface area contributed by atoms with Crippen molar-refractivity contribution in [1.82, 2.24) is 10.3 Å². The molecule has 1 aromatic rings. The number of nitrogens with one attached hydrogen (secondary N) is 1. The summed E-state index contributed by atoms with van der Waals surface area (Å²) in [5, 5.41) is 5.42. The van der Waals surface area contributed by atoms with Crippen LogP contribution in [-0.2, 0) is 0 Å². The number of amides is 1. The minimum atomic E-state index is -0.110. The van der Waals surface area contributed by atoms with Crippen LogP contribution in [0.25, 0.3) is 0 Å². The van der Waals surface area contributed by atoms with E-state index in [9.17, 15) is 4.79 Å². The molecule has 90 valence electrons. The summed E-state index contributed by atoms with van der Waals surface area (Å²) >= 11 is 1.43. The van der Waals surface area contributed by atoms with Crippen molar-refractivity contribution in [2.24, 2.45) is 11.7 Å². The third-order valence-electron chi connectivity index (χ3n) is 2.45. The summed E-state index contributed by atoms with van der Waals surface area (Å²) in [4.78, 5) is 15.9. The van der Waals surface area contributed by atoms with Crippen LogP contribution in [0.5, 0.6) is 0 Å². The number of nitrogens with zero attached hydrogens (tertiary/aromatic N) is 1. The van der Waals surface area contributed by atoms with E-state index in [0.717, 1.165) is 11.4 Å². The van der Waals surface area contributed by atoms with E-state index in [2.05, 4.69) is 24.1 Å². The Balaban J connectivity index is 2.53. The number of carbonyl (C=O) groups is 1. The van der Waals surface area contributed by atoms with Gasteiger partial charge in [0, 0.05) is 11.9 Å². The van der Waals surface area contributed by atoms with Gasteiger partial charge < -0.3 is 11.1 Å². The molecule has 0 bridgehead atoms. The smallest absolute Gasteiger partial charge is 0.270 e. The second-order valence-corrected chi connectivity index (χ2v) is 4.97. The lowest BCUT2D eigenvalue weighted by molar-refractivity contribution is 0.0943. The summed E-state index contributed by atoms with van der Waals surface area (Å²) in [6.45, 7) is 6.77. The van der Waals surface area contributed by atoms with E-state index >= 15 is 0 Å². The second-order valence-electron chi connectivity index (χ2n) is 4.08. The quantitative estimate of drug-likeness (QED) is 0.827. The fourth-order valence-corrected chi connectivity index (χ4v) is 1.86. The Morgan fingerprint density at radius 1 is 1.62 bits per heavy atom. The van der Waals surface area contributed by atoms with E-state index in [4.69, 9.17) is 5.73 Å². The minimum Gasteiger partial charge on any atom is -0.350 e. The lowest BCUT2D eigenvalue weighted by Gasteiger charge is -2.08. The van der Waals surface area contributed by atoms with Crippen molar-refractivity contribution in [2.75, 3.05) is 6.54 Å². The average molecular weight is 241 g/mol. The van der Waals surface area contributed by atoms with E-state index in [1.54, 1.807) is 5.38 Å². The number of hydrogen-bond donors (Lipinski definition) is 2. The predicted molar refractivity (Wildman–Crippen MR) is 66.5 cm³/mol. The van der Waals surface area contributed by atoms with Crippen molar-refractivity contribution < 1.29 is 4.79 Å². The molecule has 1 rings (SSSR count).